The second-order valence-corrected chi connectivity index (χ2v) is 8.70. The molecule has 0 heterocycles. The Hall–Kier alpha value is -3.31. The minimum absolute atomic E-state index is 0.00295. The molecule has 0 saturated carbocycles. The number of amides is 1. The van der Waals surface area contributed by atoms with Gasteiger partial charge in [-0.05, 0) is 90.4 Å². The molecule has 0 spiro atoms. The first-order valence-electron chi connectivity index (χ1n) is 10.5. The summed E-state index contributed by atoms with van der Waals surface area (Å²) in [4.78, 5) is 12.6. The van der Waals surface area contributed by atoms with Crippen LogP contribution in [0.4, 0.5) is 5.69 Å². The number of ether oxygens (including phenoxy) is 2. The average Bonchev–Trinajstić information content (AvgIpc) is 2.77. The zero-order valence-corrected chi connectivity index (χ0v) is 21.0. The SMILES string of the molecule is CCOc1cc(/C=C(\C#N)C(=O)Nc2cccc(C)c2)cc(I)c1OCc1cccc(C)c1. The number of carbonyl (C=O) groups excluding carboxylic acids is 1. The van der Waals surface area contributed by atoms with E-state index >= 15 is 0 Å². The Balaban J connectivity index is 1.85. The summed E-state index contributed by atoms with van der Waals surface area (Å²) in [5, 5.41) is 12.4. The molecule has 1 amide bonds. The van der Waals surface area contributed by atoms with Crippen LogP contribution >= 0.6 is 22.6 Å². The maximum Gasteiger partial charge on any atom is 0.266 e. The number of hydrogen-bond donors (Lipinski definition) is 1. The molecule has 3 aromatic carbocycles. The van der Waals surface area contributed by atoms with Gasteiger partial charge >= 0.3 is 0 Å². The fraction of sp³-hybridized carbons (Fsp3) is 0.185. The zero-order chi connectivity index (χ0) is 23.8. The molecule has 3 rings (SSSR count). The van der Waals surface area contributed by atoms with E-state index in [0.29, 0.717) is 36.0 Å². The van der Waals surface area contributed by atoms with Crippen LogP contribution in [0.25, 0.3) is 6.08 Å². The van der Waals surface area contributed by atoms with E-state index in [0.717, 1.165) is 14.7 Å². The number of benzene rings is 3. The van der Waals surface area contributed by atoms with Crippen LogP contribution in [0.3, 0.4) is 0 Å². The van der Waals surface area contributed by atoms with Gasteiger partial charge in [-0.2, -0.15) is 5.26 Å². The quantitative estimate of drug-likeness (QED) is 0.199. The molecule has 0 aliphatic heterocycles. The third-order valence-corrected chi connectivity index (χ3v) is 5.55. The Morgan fingerprint density at radius 2 is 1.79 bits per heavy atom. The Kier molecular flexibility index (Phi) is 8.50. The first-order valence-corrected chi connectivity index (χ1v) is 11.6. The molecule has 0 radical (unpaired) electrons. The van der Waals surface area contributed by atoms with E-state index in [1.54, 1.807) is 18.2 Å². The second-order valence-electron chi connectivity index (χ2n) is 7.53. The number of hydrogen-bond acceptors (Lipinski definition) is 4. The molecule has 168 valence electrons. The lowest BCUT2D eigenvalue weighted by atomic mass is 10.1. The van der Waals surface area contributed by atoms with Crippen LogP contribution in [-0.2, 0) is 11.4 Å². The van der Waals surface area contributed by atoms with Gasteiger partial charge in [0.15, 0.2) is 11.5 Å². The number of halogens is 1. The second kappa shape index (κ2) is 11.5. The van der Waals surface area contributed by atoms with Crippen molar-refractivity contribution in [1.82, 2.24) is 0 Å². The standard InChI is InChI=1S/C27H25IN2O3/c1-4-32-25-15-21(13-22(16-29)27(31)30-23-10-6-8-19(3)12-23)14-24(28)26(25)33-17-20-9-5-7-18(2)11-20/h5-15H,4,17H2,1-3H3,(H,30,31)/b22-13+. The molecule has 0 unspecified atom stereocenters. The van der Waals surface area contributed by atoms with Crippen molar-refractivity contribution in [3.8, 4) is 17.6 Å². The molecular formula is C27H25IN2O3. The lowest BCUT2D eigenvalue weighted by Gasteiger charge is -2.15. The summed E-state index contributed by atoms with van der Waals surface area (Å²) in [6.45, 7) is 6.76. The number of anilines is 1. The van der Waals surface area contributed by atoms with Crippen molar-refractivity contribution in [3.63, 3.8) is 0 Å². The highest BCUT2D eigenvalue weighted by atomic mass is 127. The largest absolute Gasteiger partial charge is 0.490 e. The third kappa shape index (κ3) is 6.83. The van der Waals surface area contributed by atoms with Gasteiger partial charge in [0.25, 0.3) is 5.91 Å². The first-order chi connectivity index (χ1) is 15.9. The lowest BCUT2D eigenvalue weighted by Crippen LogP contribution is -2.13. The molecule has 0 aromatic heterocycles. The molecule has 0 aliphatic rings. The van der Waals surface area contributed by atoms with Crippen molar-refractivity contribution in [1.29, 1.82) is 5.26 Å². The molecule has 0 atom stereocenters. The first kappa shape index (κ1) is 24.3. The summed E-state index contributed by atoms with van der Waals surface area (Å²) in [6, 6.07) is 21.2. The van der Waals surface area contributed by atoms with Gasteiger partial charge in [-0.3, -0.25) is 4.79 Å². The summed E-state index contributed by atoms with van der Waals surface area (Å²) in [6.07, 6.45) is 1.56. The van der Waals surface area contributed by atoms with Crippen LogP contribution in [-0.4, -0.2) is 12.5 Å². The number of nitrogens with one attached hydrogen (secondary N) is 1. The van der Waals surface area contributed by atoms with E-state index in [-0.39, 0.29) is 5.57 Å². The predicted octanol–water partition coefficient (Wildman–Crippen LogP) is 6.43. The monoisotopic (exact) mass is 552 g/mol. The number of carbonyl (C=O) groups is 1. The molecule has 0 aliphatic carbocycles. The molecule has 5 nitrogen and oxygen atoms in total. The molecule has 1 N–H and O–H groups in total. The predicted molar refractivity (Wildman–Crippen MR) is 139 cm³/mol. The number of rotatable bonds is 8. The van der Waals surface area contributed by atoms with E-state index in [2.05, 4.69) is 34.0 Å². The van der Waals surface area contributed by atoms with Crippen molar-refractivity contribution in [2.24, 2.45) is 0 Å². The highest BCUT2D eigenvalue weighted by Crippen LogP contribution is 2.35. The Labute approximate surface area is 208 Å². The minimum Gasteiger partial charge on any atom is -0.490 e. The van der Waals surface area contributed by atoms with Crippen LogP contribution in [0.5, 0.6) is 11.5 Å². The van der Waals surface area contributed by atoms with E-state index in [4.69, 9.17) is 9.47 Å². The van der Waals surface area contributed by atoms with E-state index in [1.807, 2.05) is 69.3 Å². The molecule has 0 bridgehead atoms. The van der Waals surface area contributed by atoms with Gasteiger partial charge in [0.2, 0.25) is 0 Å². The Morgan fingerprint density at radius 1 is 1.06 bits per heavy atom. The van der Waals surface area contributed by atoms with Gasteiger partial charge < -0.3 is 14.8 Å². The highest BCUT2D eigenvalue weighted by Gasteiger charge is 2.15. The average molecular weight is 552 g/mol. The minimum atomic E-state index is -0.462. The van der Waals surface area contributed by atoms with Gasteiger partial charge in [-0.1, -0.05) is 42.0 Å². The fourth-order valence-corrected chi connectivity index (χ4v) is 4.05. The maximum absolute atomic E-state index is 12.6. The summed E-state index contributed by atoms with van der Waals surface area (Å²) in [7, 11) is 0. The van der Waals surface area contributed by atoms with Crippen molar-refractivity contribution < 1.29 is 14.3 Å². The topological polar surface area (TPSA) is 71.3 Å². The van der Waals surface area contributed by atoms with E-state index in [1.165, 1.54) is 5.56 Å². The van der Waals surface area contributed by atoms with E-state index in [9.17, 15) is 10.1 Å². The van der Waals surface area contributed by atoms with Crippen LogP contribution in [0.1, 0.15) is 29.2 Å². The van der Waals surface area contributed by atoms with Gasteiger partial charge in [0.05, 0.1) is 10.2 Å². The molecular weight excluding hydrogens is 527 g/mol. The number of nitrogens with zero attached hydrogens (tertiary/aromatic N) is 1. The van der Waals surface area contributed by atoms with Gasteiger partial charge in [0.1, 0.15) is 18.2 Å². The molecule has 0 saturated heterocycles. The fourth-order valence-electron chi connectivity index (χ4n) is 3.27. The normalized spacial score (nSPS) is 10.9. The molecule has 33 heavy (non-hydrogen) atoms. The molecule has 0 fully saturated rings. The number of nitriles is 1. The van der Waals surface area contributed by atoms with E-state index < -0.39 is 5.91 Å². The van der Waals surface area contributed by atoms with Gasteiger partial charge in [0, 0.05) is 5.69 Å². The smallest absolute Gasteiger partial charge is 0.266 e. The summed E-state index contributed by atoms with van der Waals surface area (Å²) in [5.41, 5.74) is 4.59. The summed E-state index contributed by atoms with van der Waals surface area (Å²) in [5.74, 6) is 0.745. The summed E-state index contributed by atoms with van der Waals surface area (Å²) >= 11 is 2.18. The zero-order valence-electron chi connectivity index (χ0n) is 18.8. The van der Waals surface area contributed by atoms with Crippen LogP contribution < -0.4 is 14.8 Å². The molecule has 3 aromatic rings. The van der Waals surface area contributed by atoms with Crippen molar-refractivity contribution in [2.45, 2.75) is 27.4 Å². The van der Waals surface area contributed by atoms with Crippen LogP contribution in [0, 0.1) is 28.7 Å². The Bertz CT molecular complexity index is 1230. The van der Waals surface area contributed by atoms with Gasteiger partial charge in [-0.15, -0.1) is 0 Å². The molecule has 6 heteroatoms. The Morgan fingerprint density at radius 3 is 2.45 bits per heavy atom. The highest BCUT2D eigenvalue weighted by molar-refractivity contribution is 14.1. The summed E-state index contributed by atoms with van der Waals surface area (Å²) < 4.78 is 12.7. The lowest BCUT2D eigenvalue weighted by molar-refractivity contribution is -0.112. The van der Waals surface area contributed by atoms with Crippen molar-refractivity contribution in [3.05, 3.63) is 92.1 Å². The van der Waals surface area contributed by atoms with Crippen molar-refractivity contribution in [2.75, 3.05) is 11.9 Å². The van der Waals surface area contributed by atoms with Gasteiger partial charge in [-0.25, -0.2) is 0 Å². The van der Waals surface area contributed by atoms with Crippen LogP contribution in [0.2, 0.25) is 0 Å². The van der Waals surface area contributed by atoms with Crippen LogP contribution in [0.15, 0.2) is 66.2 Å². The third-order valence-electron chi connectivity index (χ3n) is 4.75. The maximum atomic E-state index is 12.6. The number of aryl methyl sites for hydroxylation is 2. The van der Waals surface area contributed by atoms with Crippen molar-refractivity contribution >= 4 is 40.3 Å².